The molecule has 0 saturated heterocycles. The van der Waals surface area contributed by atoms with Gasteiger partial charge in [0.2, 0.25) is 0 Å². The van der Waals surface area contributed by atoms with Gasteiger partial charge in [0.1, 0.15) is 5.75 Å². The summed E-state index contributed by atoms with van der Waals surface area (Å²) < 4.78 is 34.3. The number of nitrogens with one attached hydrogen (secondary N) is 2. The van der Waals surface area contributed by atoms with Crippen molar-refractivity contribution < 1.29 is 18.3 Å². The monoisotopic (exact) mass is 483 g/mol. The van der Waals surface area contributed by atoms with E-state index in [1.165, 1.54) is 12.1 Å². The first-order valence-corrected chi connectivity index (χ1v) is 7.09. The van der Waals surface area contributed by atoms with Crippen molar-refractivity contribution in [2.45, 2.75) is 13.2 Å². The normalized spacial score (nSPS) is 11.2. The second kappa shape index (κ2) is 11.9. The molecule has 0 radical (unpaired) electrons. The van der Waals surface area contributed by atoms with E-state index in [1.807, 2.05) is 0 Å². The summed E-state index contributed by atoms with van der Waals surface area (Å²) in [6, 6.07) is 2.84. The molecule has 0 aliphatic rings. The number of ether oxygens (including phenoxy) is 2. The first kappa shape index (κ1) is 22.4. The second-order valence-electron chi connectivity index (χ2n) is 4.10. The smallest absolute Gasteiger partial charge is 0.387 e. The van der Waals surface area contributed by atoms with Crippen LogP contribution >= 0.6 is 47.2 Å². The van der Waals surface area contributed by atoms with Crippen LogP contribution < -0.4 is 15.4 Å². The Hall–Kier alpha value is -0.580. The minimum atomic E-state index is -2.98. The molecule has 1 rings (SSSR count). The molecule has 10 heteroatoms. The zero-order valence-electron chi connectivity index (χ0n) is 12.5. The van der Waals surface area contributed by atoms with Gasteiger partial charge in [-0.2, -0.15) is 8.78 Å². The standard InChI is InChI=1S/C13H17Cl2F2N3O2.HI/c1-18-13(19-3-4-21-2)20-7-8-5-9(14)6-10(15)11(8)22-12(16)17;/h5-6,12H,3-4,7H2,1-2H3,(H2,18,19,20);1H. The molecule has 0 fully saturated rings. The average Bonchev–Trinajstić information content (AvgIpc) is 2.45. The van der Waals surface area contributed by atoms with Gasteiger partial charge in [-0.15, -0.1) is 24.0 Å². The van der Waals surface area contributed by atoms with E-state index in [1.54, 1.807) is 14.2 Å². The molecule has 23 heavy (non-hydrogen) atoms. The predicted molar refractivity (Wildman–Crippen MR) is 98.6 cm³/mol. The highest BCUT2D eigenvalue weighted by Crippen LogP contribution is 2.33. The van der Waals surface area contributed by atoms with E-state index in [4.69, 9.17) is 27.9 Å². The lowest BCUT2D eigenvalue weighted by molar-refractivity contribution is -0.0504. The van der Waals surface area contributed by atoms with Crippen LogP contribution in [0.5, 0.6) is 5.75 Å². The molecule has 5 nitrogen and oxygen atoms in total. The highest BCUT2D eigenvalue weighted by molar-refractivity contribution is 14.0. The molecule has 132 valence electrons. The SMILES string of the molecule is CN=C(NCCOC)NCc1cc(Cl)cc(Cl)c1OC(F)F.I. The maximum atomic E-state index is 12.5. The zero-order valence-corrected chi connectivity index (χ0v) is 16.4. The van der Waals surface area contributed by atoms with Gasteiger partial charge in [-0.05, 0) is 12.1 Å². The van der Waals surface area contributed by atoms with E-state index in [0.29, 0.717) is 29.7 Å². The number of benzene rings is 1. The largest absolute Gasteiger partial charge is 0.433 e. The molecule has 1 aromatic carbocycles. The molecule has 0 heterocycles. The summed E-state index contributed by atoms with van der Waals surface area (Å²) in [5.41, 5.74) is 0.396. The molecule has 0 bridgehead atoms. The molecular formula is C13H18Cl2F2IN3O2. The van der Waals surface area contributed by atoms with Crippen molar-refractivity contribution in [3.05, 3.63) is 27.7 Å². The van der Waals surface area contributed by atoms with Crippen molar-refractivity contribution >= 4 is 53.1 Å². The minimum absolute atomic E-state index is 0. The molecule has 0 aliphatic heterocycles. The van der Waals surface area contributed by atoms with Crippen molar-refractivity contribution in [3.8, 4) is 5.75 Å². The molecule has 2 N–H and O–H groups in total. The fourth-order valence-corrected chi connectivity index (χ4v) is 2.22. The van der Waals surface area contributed by atoms with Crippen LogP contribution in [0, 0.1) is 0 Å². The molecule has 0 amide bonds. The van der Waals surface area contributed by atoms with Crippen LogP contribution in [0.15, 0.2) is 17.1 Å². The minimum Gasteiger partial charge on any atom is -0.433 e. The van der Waals surface area contributed by atoms with Crippen LogP contribution in [-0.4, -0.2) is 39.9 Å². The number of rotatable bonds is 7. The number of hydrogen-bond acceptors (Lipinski definition) is 3. The maximum Gasteiger partial charge on any atom is 0.387 e. The third kappa shape index (κ3) is 8.18. The van der Waals surface area contributed by atoms with Gasteiger partial charge in [0.25, 0.3) is 0 Å². The maximum absolute atomic E-state index is 12.5. The van der Waals surface area contributed by atoms with E-state index in [2.05, 4.69) is 20.4 Å². The summed E-state index contributed by atoms with van der Waals surface area (Å²) in [4.78, 5) is 3.99. The van der Waals surface area contributed by atoms with Crippen molar-refractivity contribution in [1.82, 2.24) is 10.6 Å². The summed E-state index contributed by atoms with van der Waals surface area (Å²) in [5.74, 6) is 0.372. The Bertz CT molecular complexity index is 522. The topological polar surface area (TPSA) is 54.9 Å². The molecule has 1 aromatic rings. The van der Waals surface area contributed by atoms with E-state index in [0.717, 1.165) is 0 Å². The van der Waals surface area contributed by atoms with Crippen LogP contribution in [0.4, 0.5) is 8.78 Å². The Kier molecular flexibility index (Phi) is 11.6. The number of methoxy groups -OCH3 is 1. The first-order chi connectivity index (χ1) is 10.5. The predicted octanol–water partition coefficient (Wildman–Crippen LogP) is 3.52. The van der Waals surface area contributed by atoms with Crippen LogP contribution in [-0.2, 0) is 11.3 Å². The van der Waals surface area contributed by atoms with Crippen LogP contribution in [0.3, 0.4) is 0 Å². The number of aliphatic imine (C=N–C) groups is 1. The average molecular weight is 484 g/mol. The molecule has 0 aliphatic carbocycles. The fraction of sp³-hybridized carbons (Fsp3) is 0.462. The number of halogens is 5. The second-order valence-corrected chi connectivity index (χ2v) is 4.94. The van der Waals surface area contributed by atoms with Crippen molar-refractivity contribution in [3.63, 3.8) is 0 Å². The van der Waals surface area contributed by atoms with Gasteiger partial charge in [0.15, 0.2) is 5.96 Å². The number of guanidine groups is 1. The Morgan fingerprint density at radius 3 is 2.57 bits per heavy atom. The fourth-order valence-electron chi connectivity index (χ4n) is 1.64. The highest BCUT2D eigenvalue weighted by Gasteiger charge is 2.15. The Labute approximate surface area is 160 Å². The highest BCUT2D eigenvalue weighted by atomic mass is 127. The molecule has 0 saturated carbocycles. The van der Waals surface area contributed by atoms with Gasteiger partial charge in [0.05, 0.1) is 11.6 Å². The van der Waals surface area contributed by atoms with Crippen molar-refractivity contribution in [2.24, 2.45) is 4.99 Å². The van der Waals surface area contributed by atoms with Crippen molar-refractivity contribution in [2.75, 3.05) is 27.3 Å². The Balaban J connectivity index is 0.00000484. The lowest BCUT2D eigenvalue weighted by Gasteiger charge is -2.15. The van der Waals surface area contributed by atoms with Gasteiger partial charge in [-0.3, -0.25) is 4.99 Å². The quantitative estimate of drug-likeness (QED) is 0.269. The third-order valence-corrected chi connectivity index (χ3v) is 3.06. The number of alkyl halides is 2. The zero-order chi connectivity index (χ0) is 16.5. The van der Waals surface area contributed by atoms with Crippen LogP contribution in [0.2, 0.25) is 10.0 Å². The summed E-state index contributed by atoms with van der Waals surface area (Å²) in [6.07, 6.45) is 0. The van der Waals surface area contributed by atoms with Gasteiger partial charge < -0.3 is 20.1 Å². The third-order valence-electron chi connectivity index (χ3n) is 2.56. The van der Waals surface area contributed by atoms with Gasteiger partial charge in [0, 0.05) is 37.8 Å². The number of nitrogens with zero attached hydrogens (tertiary/aromatic N) is 1. The summed E-state index contributed by atoms with van der Waals surface area (Å²) in [6.45, 7) is -1.76. The van der Waals surface area contributed by atoms with E-state index in [-0.39, 0.29) is 41.3 Å². The summed E-state index contributed by atoms with van der Waals surface area (Å²) in [5, 5.41) is 6.29. The molecule has 0 aromatic heterocycles. The van der Waals surface area contributed by atoms with E-state index >= 15 is 0 Å². The van der Waals surface area contributed by atoms with Crippen LogP contribution in [0.1, 0.15) is 5.56 Å². The van der Waals surface area contributed by atoms with Gasteiger partial charge in [-0.1, -0.05) is 23.2 Å². The Morgan fingerprint density at radius 2 is 2.00 bits per heavy atom. The summed E-state index contributed by atoms with van der Waals surface area (Å²) in [7, 11) is 3.17. The van der Waals surface area contributed by atoms with Crippen LogP contribution in [0.25, 0.3) is 0 Å². The lowest BCUT2D eigenvalue weighted by Crippen LogP contribution is -2.38. The molecule has 0 atom stereocenters. The van der Waals surface area contributed by atoms with E-state index in [9.17, 15) is 8.78 Å². The van der Waals surface area contributed by atoms with Gasteiger partial charge in [-0.25, -0.2) is 0 Å². The Morgan fingerprint density at radius 1 is 1.30 bits per heavy atom. The van der Waals surface area contributed by atoms with E-state index < -0.39 is 6.61 Å². The van der Waals surface area contributed by atoms with Gasteiger partial charge >= 0.3 is 6.61 Å². The molecular weight excluding hydrogens is 466 g/mol. The summed E-state index contributed by atoms with van der Waals surface area (Å²) >= 11 is 11.8. The molecule has 0 spiro atoms. The van der Waals surface area contributed by atoms with Crippen molar-refractivity contribution in [1.29, 1.82) is 0 Å². The number of hydrogen-bond donors (Lipinski definition) is 2. The lowest BCUT2D eigenvalue weighted by atomic mass is 10.2. The molecule has 0 unspecified atom stereocenters. The first-order valence-electron chi connectivity index (χ1n) is 6.34.